The Kier molecular flexibility index (Phi) is 6.05. The highest BCUT2D eigenvalue weighted by molar-refractivity contribution is 5.92. The van der Waals surface area contributed by atoms with Crippen molar-refractivity contribution in [3.05, 3.63) is 65.3 Å². The zero-order chi connectivity index (χ0) is 19.9. The number of benzene rings is 1. The molecular formula is C19H20N4O5. The minimum absolute atomic E-state index is 0.219. The van der Waals surface area contributed by atoms with Crippen LogP contribution in [0.25, 0.3) is 0 Å². The van der Waals surface area contributed by atoms with Gasteiger partial charge in [0.1, 0.15) is 12.3 Å². The second-order valence-corrected chi connectivity index (χ2v) is 6.23. The van der Waals surface area contributed by atoms with E-state index in [1.807, 2.05) is 25.3 Å². The fourth-order valence-corrected chi connectivity index (χ4v) is 2.52. The number of carbonyl (C=O) groups is 2. The normalized spacial score (nSPS) is 10.6. The molecule has 0 fully saturated rings. The lowest BCUT2D eigenvalue weighted by atomic mass is 10.1. The minimum Gasteiger partial charge on any atom is -0.482 e. The fraction of sp³-hybridized carbons (Fsp3) is 0.263. The zero-order valence-electron chi connectivity index (χ0n) is 15.3. The summed E-state index contributed by atoms with van der Waals surface area (Å²) in [4.78, 5) is 22.7. The SMILES string of the molecule is Cc1cnn(Cc2cc(C(=O)NCCc3ccc(OCC(=O)O)cc3)no2)c1. The first-order valence-corrected chi connectivity index (χ1v) is 8.66. The molecule has 0 radical (unpaired) electrons. The Bertz CT molecular complexity index is 945. The Morgan fingerprint density at radius 1 is 1.29 bits per heavy atom. The molecule has 9 heteroatoms. The van der Waals surface area contributed by atoms with E-state index in [0.29, 0.717) is 31.0 Å². The first-order chi connectivity index (χ1) is 13.5. The van der Waals surface area contributed by atoms with Crippen molar-refractivity contribution in [2.24, 2.45) is 0 Å². The third-order valence-electron chi connectivity index (χ3n) is 3.86. The van der Waals surface area contributed by atoms with E-state index in [2.05, 4.69) is 15.6 Å². The maximum Gasteiger partial charge on any atom is 0.341 e. The van der Waals surface area contributed by atoms with Crippen molar-refractivity contribution < 1.29 is 24.0 Å². The number of aliphatic carboxylic acids is 1. The first kappa shape index (κ1) is 19.2. The number of amides is 1. The van der Waals surface area contributed by atoms with Crippen molar-refractivity contribution in [2.45, 2.75) is 19.9 Å². The molecule has 146 valence electrons. The van der Waals surface area contributed by atoms with Gasteiger partial charge in [0.2, 0.25) is 0 Å². The van der Waals surface area contributed by atoms with Crippen LogP contribution in [0.2, 0.25) is 0 Å². The lowest BCUT2D eigenvalue weighted by Crippen LogP contribution is -2.25. The van der Waals surface area contributed by atoms with E-state index < -0.39 is 5.97 Å². The van der Waals surface area contributed by atoms with Crippen LogP contribution in [0.1, 0.15) is 27.4 Å². The Morgan fingerprint density at radius 2 is 2.07 bits per heavy atom. The Hall–Kier alpha value is -3.62. The van der Waals surface area contributed by atoms with Gasteiger partial charge in [0, 0.05) is 18.8 Å². The predicted octanol–water partition coefficient (Wildman–Crippen LogP) is 1.66. The van der Waals surface area contributed by atoms with Gasteiger partial charge in [-0.25, -0.2) is 4.79 Å². The van der Waals surface area contributed by atoms with Gasteiger partial charge in [-0.1, -0.05) is 17.3 Å². The molecule has 2 heterocycles. The summed E-state index contributed by atoms with van der Waals surface area (Å²) in [5, 5.41) is 19.3. The summed E-state index contributed by atoms with van der Waals surface area (Å²) < 4.78 is 12.0. The molecule has 3 rings (SSSR count). The summed E-state index contributed by atoms with van der Waals surface area (Å²) >= 11 is 0. The van der Waals surface area contributed by atoms with Crippen molar-refractivity contribution in [3.63, 3.8) is 0 Å². The molecule has 0 spiro atoms. The highest BCUT2D eigenvalue weighted by Gasteiger charge is 2.12. The average Bonchev–Trinajstić information content (AvgIpc) is 3.30. The van der Waals surface area contributed by atoms with Gasteiger partial charge in [0.15, 0.2) is 18.1 Å². The molecule has 0 bridgehead atoms. The molecule has 28 heavy (non-hydrogen) atoms. The first-order valence-electron chi connectivity index (χ1n) is 8.66. The third kappa shape index (κ3) is 5.44. The molecule has 0 aliphatic heterocycles. The van der Waals surface area contributed by atoms with Gasteiger partial charge in [-0.3, -0.25) is 9.48 Å². The van der Waals surface area contributed by atoms with Crippen LogP contribution in [-0.2, 0) is 17.8 Å². The summed E-state index contributed by atoms with van der Waals surface area (Å²) in [6, 6.07) is 8.64. The largest absolute Gasteiger partial charge is 0.482 e. The van der Waals surface area contributed by atoms with Crippen LogP contribution in [-0.4, -0.2) is 45.1 Å². The molecule has 1 aromatic carbocycles. The number of nitrogens with zero attached hydrogens (tertiary/aromatic N) is 3. The van der Waals surface area contributed by atoms with Gasteiger partial charge in [-0.15, -0.1) is 0 Å². The van der Waals surface area contributed by atoms with Crippen LogP contribution in [0.5, 0.6) is 5.75 Å². The summed E-state index contributed by atoms with van der Waals surface area (Å²) in [5.41, 5.74) is 2.24. The average molecular weight is 384 g/mol. The van der Waals surface area contributed by atoms with E-state index in [1.165, 1.54) is 0 Å². The van der Waals surface area contributed by atoms with Gasteiger partial charge in [0.25, 0.3) is 5.91 Å². The highest BCUT2D eigenvalue weighted by atomic mass is 16.5. The van der Waals surface area contributed by atoms with Gasteiger partial charge in [0.05, 0.1) is 6.20 Å². The lowest BCUT2D eigenvalue weighted by molar-refractivity contribution is -0.139. The molecule has 0 saturated carbocycles. The van der Waals surface area contributed by atoms with E-state index in [1.54, 1.807) is 29.1 Å². The molecule has 0 aliphatic carbocycles. The fourth-order valence-electron chi connectivity index (χ4n) is 2.52. The maximum atomic E-state index is 12.2. The number of aryl methyl sites for hydroxylation is 1. The van der Waals surface area contributed by atoms with Crippen LogP contribution in [0.15, 0.2) is 47.2 Å². The molecule has 0 atom stereocenters. The van der Waals surface area contributed by atoms with E-state index in [0.717, 1.165) is 11.1 Å². The van der Waals surface area contributed by atoms with Gasteiger partial charge >= 0.3 is 5.97 Å². The van der Waals surface area contributed by atoms with E-state index in [-0.39, 0.29) is 18.2 Å². The van der Waals surface area contributed by atoms with E-state index in [4.69, 9.17) is 14.4 Å². The maximum absolute atomic E-state index is 12.2. The number of hydrogen-bond donors (Lipinski definition) is 2. The number of carboxylic acids is 1. The highest BCUT2D eigenvalue weighted by Crippen LogP contribution is 2.12. The minimum atomic E-state index is -1.03. The van der Waals surface area contributed by atoms with E-state index >= 15 is 0 Å². The summed E-state index contributed by atoms with van der Waals surface area (Å²) in [6.07, 6.45) is 4.23. The number of nitrogens with one attached hydrogen (secondary N) is 1. The van der Waals surface area contributed by atoms with Gasteiger partial charge in [-0.2, -0.15) is 5.10 Å². The van der Waals surface area contributed by atoms with Crippen molar-refractivity contribution in [3.8, 4) is 5.75 Å². The van der Waals surface area contributed by atoms with E-state index in [9.17, 15) is 9.59 Å². The Morgan fingerprint density at radius 3 is 2.75 bits per heavy atom. The van der Waals surface area contributed by atoms with Crippen LogP contribution in [0.4, 0.5) is 0 Å². The van der Waals surface area contributed by atoms with Gasteiger partial charge < -0.3 is 19.7 Å². The monoisotopic (exact) mass is 384 g/mol. The van der Waals surface area contributed by atoms with Crippen LogP contribution < -0.4 is 10.1 Å². The Labute approximate surface area is 160 Å². The third-order valence-corrected chi connectivity index (χ3v) is 3.86. The molecule has 1 amide bonds. The summed E-state index contributed by atoms with van der Waals surface area (Å²) in [5.74, 6) is -0.307. The van der Waals surface area contributed by atoms with Crippen LogP contribution >= 0.6 is 0 Å². The lowest BCUT2D eigenvalue weighted by Gasteiger charge is -2.06. The summed E-state index contributed by atoms with van der Waals surface area (Å²) in [6.45, 7) is 2.40. The topological polar surface area (TPSA) is 119 Å². The number of hydrogen-bond acceptors (Lipinski definition) is 6. The molecule has 0 unspecified atom stereocenters. The van der Waals surface area contributed by atoms with Crippen LogP contribution in [0.3, 0.4) is 0 Å². The molecule has 0 saturated heterocycles. The quantitative estimate of drug-likeness (QED) is 0.576. The van der Waals surface area contributed by atoms with Crippen molar-refractivity contribution in [1.82, 2.24) is 20.3 Å². The number of rotatable bonds is 9. The van der Waals surface area contributed by atoms with Crippen molar-refractivity contribution in [2.75, 3.05) is 13.2 Å². The van der Waals surface area contributed by atoms with Crippen LogP contribution in [0, 0.1) is 6.92 Å². The smallest absolute Gasteiger partial charge is 0.341 e. The van der Waals surface area contributed by atoms with Crippen molar-refractivity contribution >= 4 is 11.9 Å². The molecule has 2 N–H and O–H groups in total. The number of carboxylic acid groups (broad SMARTS) is 1. The molecule has 0 aliphatic rings. The molecular weight excluding hydrogens is 364 g/mol. The molecule has 2 aromatic heterocycles. The second kappa shape index (κ2) is 8.85. The predicted molar refractivity (Wildman–Crippen MR) is 98.2 cm³/mol. The number of ether oxygens (including phenoxy) is 1. The molecule has 9 nitrogen and oxygen atoms in total. The number of aromatic nitrogens is 3. The standard InChI is InChI=1S/C19H20N4O5/c1-13-9-21-23(10-13)11-16-8-17(22-28-16)19(26)20-7-6-14-2-4-15(5-3-14)27-12-18(24)25/h2-5,8-10H,6-7,11-12H2,1H3,(H,20,26)(H,24,25). The summed E-state index contributed by atoms with van der Waals surface area (Å²) in [7, 11) is 0. The molecule has 3 aromatic rings. The second-order valence-electron chi connectivity index (χ2n) is 6.23. The Balaban J connectivity index is 1.44. The van der Waals surface area contributed by atoms with Gasteiger partial charge in [-0.05, 0) is 36.6 Å². The zero-order valence-corrected chi connectivity index (χ0v) is 15.3. The number of carbonyl (C=O) groups excluding carboxylic acids is 1. The van der Waals surface area contributed by atoms with Crippen molar-refractivity contribution in [1.29, 1.82) is 0 Å².